The van der Waals surface area contributed by atoms with Gasteiger partial charge < -0.3 is 0 Å². The SMILES string of the molecule is O=c1c2sccc2ncn1CCSc1ncc2ccccn12. The first kappa shape index (κ1) is 13.5. The molecule has 4 rings (SSSR count). The molecule has 7 heteroatoms. The summed E-state index contributed by atoms with van der Waals surface area (Å²) >= 11 is 3.08. The molecule has 0 saturated heterocycles. The van der Waals surface area contributed by atoms with E-state index < -0.39 is 0 Å². The average Bonchev–Trinajstić information content (AvgIpc) is 3.17. The first-order valence-electron chi connectivity index (χ1n) is 6.80. The molecule has 110 valence electrons. The Kier molecular flexibility index (Phi) is 3.44. The van der Waals surface area contributed by atoms with Crippen LogP contribution in [0.3, 0.4) is 0 Å². The van der Waals surface area contributed by atoms with Crippen molar-refractivity contribution in [3.05, 3.63) is 58.7 Å². The molecule has 4 aromatic rings. The molecular formula is C15H12N4OS2. The smallest absolute Gasteiger partial charge is 0.271 e. The molecule has 0 bridgehead atoms. The number of pyridine rings is 1. The second-order valence-corrected chi connectivity index (χ2v) is 6.74. The van der Waals surface area contributed by atoms with Crippen molar-refractivity contribution >= 4 is 38.8 Å². The van der Waals surface area contributed by atoms with Crippen LogP contribution in [0.2, 0.25) is 0 Å². The van der Waals surface area contributed by atoms with Gasteiger partial charge in [-0.2, -0.15) is 0 Å². The van der Waals surface area contributed by atoms with Gasteiger partial charge in [-0.15, -0.1) is 11.3 Å². The zero-order valence-corrected chi connectivity index (χ0v) is 13.2. The van der Waals surface area contributed by atoms with Gasteiger partial charge in [-0.25, -0.2) is 9.97 Å². The van der Waals surface area contributed by atoms with Crippen LogP contribution in [0.5, 0.6) is 0 Å². The molecular weight excluding hydrogens is 316 g/mol. The molecule has 0 aliphatic rings. The zero-order valence-electron chi connectivity index (χ0n) is 11.5. The van der Waals surface area contributed by atoms with Gasteiger partial charge in [0, 0.05) is 18.5 Å². The van der Waals surface area contributed by atoms with E-state index in [1.807, 2.05) is 46.4 Å². The van der Waals surface area contributed by atoms with E-state index in [9.17, 15) is 4.79 Å². The second-order valence-electron chi connectivity index (χ2n) is 4.76. The fourth-order valence-electron chi connectivity index (χ4n) is 2.30. The first-order chi connectivity index (χ1) is 10.8. The molecule has 5 nitrogen and oxygen atoms in total. The molecule has 4 aromatic heterocycles. The maximum atomic E-state index is 12.3. The van der Waals surface area contributed by atoms with Crippen molar-refractivity contribution in [1.29, 1.82) is 0 Å². The normalized spacial score (nSPS) is 11.5. The van der Waals surface area contributed by atoms with Crippen LogP contribution in [0.4, 0.5) is 0 Å². The van der Waals surface area contributed by atoms with Gasteiger partial charge >= 0.3 is 0 Å². The van der Waals surface area contributed by atoms with E-state index in [0.29, 0.717) is 6.54 Å². The minimum Gasteiger partial charge on any atom is -0.297 e. The molecule has 0 unspecified atom stereocenters. The molecule has 0 spiro atoms. The Balaban J connectivity index is 1.52. The minimum absolute atomic E-state index is 0.0357. The molecule has 0 atom stereocenters. The van der Waals surface area contributed by atoms with Crippen LogP contribution in [0.25, 0.3) is 15.7 Å². The number of hydrogen-bond donors (Lipinski definition) is 0. The molecule has 0 aliphatic carbocycles. The van der Waals surface area contributed by atoms with Gasteiger partial charge in [0.1, 0.15) is 4.70 Å². The number of thioether (sulfide) groups is 1. The van der Waals surface area contributed by atoms with E-state index in [0.717, 1.165) is 26.6 Å². The molecule has 0 fully saturated rings. The average molecular weight is 328 g/mol. The maximum absolute atomic E-state index is 12.3. The van der Waals surface area contributed by atoms with Crippen molar-refractivity contribution < 1.29 is 0 Å². The summed E-state index contributed by atoms with van der Waals surface area (Å²) in [6, 6.07) is 7.87. The Hall–Kier alpha value is -2.12. The number of aryl methyl sites for hydroxylation is 1. The summed E-state index contributed by atoms with van der Waals surface area (Å²) in [7, 11) is 0. The highest BCUT2D eigenvalue weighted by Gasteiger charge is 2.07. The second kappa shape index (κ2) is 5.58. The fourth-order valence-corrected chi connectivity index (χ4v) is 4.00. The van der Waals surface area contributed by atoms with E-state index in [1.54, 1.807) is 22.7 Å². The summed E-state index contributed by atoms with van der Waals surface area (Å²) in [6.07, 6.45) is 5.48. The Labute approximate surface area is 134 Å². The van der Waals surface area contributed by atoms with Crippen LogP contribution in [0.15, 0.2) is 58.3 Å². The summed E-state index contributed by atoms with van der Waals surface area (Å²) in [4.78, 5) is 21.0. The fraction of sp³-hybridized carbons (Fsp3) is 0.133. The van der Waals surface area contributed by atoms with Crippen molar-refractivity contribution in [3.8, 4) is 0 Å². The number of thiophene rings is 1. The van der Waals surface area contributed by atoms with Crippen molar-refractivity contribution in [2.24, 2.45) is 0 Å². The monoisotopic (exact) mass is 328 g/mol. The van der Waals surface area contributed by atoms with Crippen LogP contribution < -0.4 is 5.56 Å². The lowest BCUT2D eigenvalue weighted by molar-refractivity contribution is 0.725. The minimum atomic E-state index is 0.0357. The molecule has 0 aliphatic heterocycles. The van der Waals surface area contributed by atoms with Crippen molar-refractivity contribution in [1.82, 2.24) is 18.9 Å². The van der Waals surface area contributed by atoms with E-state index >= 15 is 0 Å². The lowest BCUT2D eigenvalue weighted by Gasteiger charge is -2.04. The van der Waals surface area contributed by atoms with Crippen LogP contribution in [0.1, 0.15) is 0 Å². The van der Waals surface area contributed by atoms with Crippen LogP contribution in [-0.2, 0) is 6.54 Å². The van der Waals surface area contributed by atoms with Crippen LogP contribution >= 0.6 is 23.1 Å². The van der Waals surface area contributed by atoms with Gasteiger partial charge in [0.05, 0.1) is 23.6 Å². The third-order valence-electron chi connectivity index (χ3n) is 3.40. The molecule has 22 heavy (non-hydrogen) atoms. The van der Waals surface area contributed by atoms with E-state index in [4.69, 9.17) is 0 Å². The van der Waals surface area contributed by atoms with Crippen LogP contribution in [-0.4, -0.2) is 24.7 Å². The number of aromatic nitrogens is 4. The third kappa shape index (κ3) is 2.32. The summed E-state index contributed by atoms with van der Waals surface area (Å²) in [6.45, 7) is 0.617. The number of imidazole rings is 1. The highest BCUT2D eigenvalue weighted by Crippen LogP contribution is 2.18. The summed E-state index contributed by atoms with van der Waals surface area (Å²) in [5, 5.41) is 2.84. The Morgan fingerprint density at radius 2 is 2.18 bits per heavy atom. The lowest BCUT2D eigenvalue weighted by atomic mass is 10.4. The molecule has 0 saturated carbocycles. The summed E-state index contributed by atoms with van der Waals surface area (Å²) in [5.74, 6) is 0.770. The molecule has 0 N–H and O–H groups in total. The Morgan fingerprint density at radius 3 is 3.14 bits per heavy atom. The zero-order chi connectivity index (χ0) is 14.9. The first-order valence-corrected chi connectivity index (χ1v) is 8.67. The quantitative estimate of drug-likeness (QED) is 0.541. The van der Waals surface area contributed by atoms with Crippen molar-refractivity contribution in [2.75, 3.05) is 5.75 Å². The maximum Gasteiger partial charge on any atom is 0.271 e. The number of fused-ring (bicyclic) bond motifs is 2. The van der Waals surface area contributed by atoms with Gasteiger partial charge in [-0.3, -0.25) is 13.8 Å². The predicted octanol–water partition coefficient (Wildman–Crippen LogP) is 2.90. The van der Waals surface area contributed by atoms with E-state index in [-0.39, 0.29) is 5.56 Å². The number of hydrogen-bond acceptors (Lipinski definition) is 5. The Morgan fingerprint density at radius 1 is 1.23 bits per heavy atom. The highest BCUT2D eigenvalue weighted by atomic mass is 32.2. The lowest BCUT2D eigenvalue weighted by Crippen LogP contribution is -2.20. The molecule has 0 aromatic carbocycles. The van der Waals surface area contributed by atoms with Gasteiger partial charge in [0.15, 0.2) is 5.16 Å². The van der Waals surface area contributed by atoms with Gasteiger partial charge in [0.2, 0.25) is 0 Å². The van der Waals surface area contributed by atoms with Crippen molar-refractivity contribution in [3.63, 3.8) is 0 Å². The van der Waals surface area contributed by atoms with Crippen molar-refractivity contribution in [2.45, 2.75) is 11.7 Å². The summed E-state index contributed by atoms with van der Waals surface area (Å²) in [5.41, 5.74) is 1.88. The van der Waals surface area contributed by atoms with Crippen LogP contribution in [0, 0.1) is 0 Å². The van der Waals surface area contributed by atoms with Gasteiger partial charge in [0.25, 0.3) is 5.56 Å². The van der Waals surface area contributed by atoms with Gasteiger partial charge in [-0.05, 0) is 23.6 Å². The molecule has 0 amide bonds. The van der Waals surface area contributed by atoms with Gasteiger partial charge in [-0.1, -0.05) is 17.8 Å². The van der Waals surface area contributed by atoms with E-state index in [1.165, 1.54) is 11.3 Å². The Bertz CT molecular complexity index is 1000. The van der Waals surface area contributed by atoms with E-state index in [2.05, 4.69) is 9.97 Å². The number of nitrogens with zero attached hydrogens (tertiary/aromatic N) is 4. The highest BCUT2D eigenvalue weighted by molar-refractivity contribution is 7.99. The largest absolute Gasteiger partial charge is 0.297 e. The summed E-state index contributed by atoms with van der Waals surface area (Å²) < 4.78 is 4.44. The predicted molar refractivity (Wildman–Crippen MR) is 89.8 cm³/mol. The third-order valence-corrected chi connectivity index (χ3v) is 5.24. The molecule has 0 radical (unpaired) electrons. The standard InChI is InChI=1S/C15H12N4OS2/c20-14-13-12(4-7-21-13)17-10-18(14)6-8-22-15-16-9-11-3-1-2-5-19(11)15/h1-5,7,9-10H,6,8H2. The molecule has 4 heterocycles. The number of rotatable bonds is 4. The topological polar surface area (TPSA) is 52.2 Å².